The molecule has 0 amide bonds. The van der Waals surface area contributed by atoms with Crippen LogP contribution in [0.4, 0.5) is 10.1 Å². The van der Waals surface area contributed by atoms with Crippen LogP contribution in [0.3, 0.4) is 0 Å². The van der Waals surface area contributed by atoms with Gasteiger partial charge in [0.05, 0.1) is 16.7 Å². The first-order chi connectivity index (χ1) is 8.77. The third kappa shape index (κ3) is 4.15. The molecule has 0 saturated carbocycles. The third-order valence-electron chi connectivity index (χ3n) is 2.60. The van der Waals surface area contributed by atoms with Crippen LogP contribution in [-0.2, 0) is 14.8 Å². The van der Waals surface area contributed by atoms with E-state index in [2.05, 4.69) is 4.72 Å². The van der Waals surface area contributed by atoms with Crippen molar-refractivity contribution in [2.75, 3.05) is 18.9 Å². The second kappa shape index (κ2) is 6.31. The van der Waals surface area contributed by atoms with Gasteiger partial charge in [0.15, 0.2) is 0 Å². The second-order valence-corrected chi connectivity index (χ2v) is 5.99. The van der Waals surface area contributed by atoms with E-state index in [9.17, 15) is 12.8 Å². The van der Waals surface area contributed by atoms with Gasteiger partial charge in [0.25, 0.3) is 0 Å². The van der Waals surface area contributed by atoms with E-state index in [1.165, 1.54) is 6.92 Å². The molecule has 0 aliphatic rings. The average Bonchev–Trinajstić information content (AvgIpc) is 2.31. The summed E-state index contributed by atoms with van der Waals surface area (Å²) in [6, 6.07) is 2.23. The lowest BCUT2D eigenvalue weighted by atomic mass is 10.2. The number of hydrogen-bond donors (Lipinski definition) is 2. The molecule has 0 spiro atoms. The molecular formula is C12H19FN2O3S. The maximum atomic E-state index is 13.2. The Hall–Kier alpha value is -1.18. The van der Waals surface area contributed by atoms with Crippen molar-refractivity contribution in [1.82, 2.24) is 4.72 Å². The van der Waals surface area contributed by atoms with Crippen LogP contribution < -0.4 is 10.5 Å². The number of halogens is 1. The molecule has 0 radical (unpaired) electrons. The van der Waals surface area contributed by atoms with Crippen molar-refractivity contribution in [1.29, 1.82) is 0 Å². The van der Waals surface area contributed by atoms with Crippen LogP contribution in [0.1, 0.15) is 19.4 Å². The summed E-state index contributed by atoms with van der Waals surface area (Å²) in [4.78, 5) is -0.0184. The van der Waals surface area contributed by atoms with E-state index in [0.717, 1.165) is 12.1 Å². The van der Waals surface area contributed by atoms with Gasteiger partial charge in [-0.2, -0.15) is 0 Å². The van der Waals surface area contributed by atoms with Crippen molar-refractivity contribution in [2.45, 2.75) is 31.8 Å². The lowest BCUT2D eigenvalue weighted by molar-refractivity contribution is 0.0799. The van der Waals surface area contributed by atoms with Gasteiger partial charge < -0.3 is 10.5 Å². The average molecular weight is 290 g/mol. The Morgan fingerprint density at radius 1 is 1.47 bits per heavy atom. The monoisotopic (exact) mass is 290 g/mol. The van der Waals surface area contributed by atoms with Gasteiger partial charge in [-0.25, -0.2) is 17.5 Å². The second-order valence-electron chi connectivity index (χ2n) is 4.26. The molecule has 3 N–H and O–H groups in total. The molecule has 5 nitrogen and oxygen atoms in total. The molecule has 0 heterocycles. The van der Waals surface area contributed by atoms with Gasteiger partial charge in [-0.05, 0) is 38.5 Å². The minimum absolute atomic E-state index is 0.0184. The Morgan fingerprint density at radius 3 is 2.68 bits per heavy atom. The Balaban J connectivity index is 2.92. The van der Waals surface area contributed by atoms with Gasteiger partial charge in [0, 0.05) is 13.2 Å². The fraction of sp³-hybridized carbons (Fsp3) is 0.500. The van der Waals surface area contributed by atoms with Gasteiger partial charge in [-0.3, -0.25) is 0 Å². The SMILES string of the molecule is CCOC(C)CNS(=O)(=O)c1cc(N)c(F)cc1C. The van der Waals surface area contributed by atoms with Crippen molar-refractivity contribution < 1.29 is 17.5 Å². The summed E-state index contributed by atoms with van der Waals surface area (Å²) >= 11 is 0. The summed E-state index contributed by atoms with van der Waals surface area (Å²) in [7, 11) is -3.72. The molecule has 7 heteroatoms. The molecule has 19 heavy (non-hydrogen) atoms. The number of nitrogen functional groups attached to an aromatic ring is 1. The molecule has 0 aliphatic carbocycles. The molecule has 1 atom stereocenters. The summed E-state index contributed by atoms with van der Waals surface area (Å²) in [6.45, 7) is 5.76. The molecule has 0 fully saturated rings. The van der Waals surface area contributed by atoms with Crippen LogP contribution in [0.25, 0.3) is 0 Å². The van der Waals surface area contributed by atoms with Crippen LogP contribution in [0.5, 0.6) is 0 Å². The molecule has 0 saturated heterocycles. The van der Waals surface area contributed by atoms with Crippen molar-refractivity contribution in [3.8, 4) is 0 Å². The standard InChI is InChI=1S/C12H19FN2O3S/c1-4-18-9(3)7-15-19(16,17)12-6-11(14)10(13)5-8(12)2/h5-6,9,15H,4,7,14H2,1-3H3. The van der Waals surface area contributed by atoms with Gasteiger partial charge >= 0.3 is 0 Å². The number of rotatable bonds is 6. The fourth-order valence-electron chi connectivity index (χ4n) is 1.61. The fourth-order valence-corrected chi connectivity index (χ4v) is 2.98. The number of anilines is 1. The zero-order chi connectivity index (χ0) is 14.6. The zero-order valence-corrected chi connectivity index (χ0v) is 12.1. The van der Waals surface area contributed by atoms with Crippen molar-refractivity contribution in [3.05, 3.63) is 23.5 Å². The third-order valence-corrected chi connectivity index (χ3v) is 4.16. The predicted octanol–water partition coefficient (Wildman–Crippen LogP) is 1.42. The lowest BCUT2D eigenvalue weighted by Crippen LogP contribution is -2.32. The molecule has 1 aromatic carbocycles. The molecule has 1 aromatic rings. The molecule has 108 valence electrons. The highest BCUT2D eigenvalue weighted by Gasteiger charge is 2.19. The highest BCUT2D eigenvalue weighted by atomic mass is 32.2. The summed E-state index contributed by atoms with van der Waals surface area (Å²) in [5.41, 5.74) is 5.52. The molecule has 1 rings (SSSR count). The highest BCUT2D eigenvalue weighted by molar-refractivity contribution is 7.89. The molecule has 0 bridgehead atoms. The number of nitrogens with two attached hydrogens (primary N) is 1. The maximum absolute atomic E-state index is 13.2. The van der Waals surface area contributed by atoms with E-state index < -0.39 is 15.8 Å². The van der Waals surface area contributed by atoms with E-state index >= 15 is 0 Å². The van der Waals surface area contributed by atoms with E-state index in [4.69, 9.17) is 10.5 Å². The Bertz CT molecular complexity index is 546. The van der Waals surface area contributed by atoms with E-state index in [1.807, 2.05) is 6.92 Å². The van der Waals surface area contributed by atoms with Crippen LogP contribution >= 0.6 is 0 Å². The number of nitrogens with one attached hydrogen (secondary N) is 1. The summed E-state index contributed by atoms with van der Waals surface area (Å²) in [5.74, 6) is -0.626. The lowest BCUT2D eigenvalue weighted by Gasteiger charge is -2.14. The van der Waals surface area contributed by atoms with Crippen LogP contribution in [0.2, 0.25) is 0 Å². The summed E-state index contributed by atoms with van der Waals surface area (Å²) in [5, 5.41) is 0. The molecule has 0 aliphatic heterocycles. The smallest absolute Gasteiger partial charge is 0.240 e. The van der Waals surface area contributed by atoms with Crippen LogP contribution in [-0.4, -0.2) is 27.7 Å². The first-order valence-corrected chi connectivity index (χ1v) is 7.43. The topological polar surface area (TPSA) is 81.4 Å². The van der Waals surface area contributed by atoms with Crippen molar-refractivity contribution >= 4 is 15.7 Å². The number of ether oxygens (including phenoxy) is 1. The minimum atomic E-state index is -3.72. The maximum Gasteiger partial charge on any atom is 0.240 e. The Morgan fingerprint density at radius 2 is 2.11 bits per heavy atom. The summed E-state index contributed by atoms with van der Waals surface area (Å²) < 4.78 is 45.0. The number of benzene rings is 1. The molecule has 0 aromatic heterocycles. The molecular weight excluding hydrogens is 271 g/mol. The Labute approximate surface area is 113 Å². The minimum Gasteiger partial charge on any atom is -0.396 e. The quantitative estimate of drug-likeness (QED) is 0.776. The number of sulfonamides is 1. The van der Waals surface area contributed by atoms with Crippen molar-refractivity contribution in [3.63, 3.8) is 0 Å². The zero-order valence-electron chi connectivity index (χ0n) is 11.2. The van der Waals surface area contributed by atoms with E-state index in [-0.39, 0.29) is 23.2 Å². The van der Waals surface area contributed by atoms with Crippen LogP contribution in [0.15, 0.2) is 17.0 Å². The van der Waals surface area contributed by atoms with Gasteiger partial charge in [-0.15, -0.1) is 0 Å². The van der Waals surface area contributed by atoms with E-state index in [0.29, 0.717) is 12.2 Å². The number of hydrogen-bond acceptors (Lipinski definition) is 4. The first-order valence-electron chi connectivity index (χ1n) is 5.94. The van der Waals surface area contributed by atoms with Gasteiger partial charge in [0.1, 0.15) is 5.82 Å². The van der Waals surface area contributed by atoms with Crippen molar-refractivity contribution in [2.24, 2.45) is 0 Å². The Kier molecular flexibility index (Phi) is 5.28. The molecule has 1 unspecified atom stereocenters. The normalized spacial score (nSPS) is 13.5. The number of aryl methyl sites for hydroxylation is 1. The van der Waals surface area contributed by atoms with E-state index in [1.54, 1.807) is 6.92 Å². The summed E-state index contributed by atoms with van der Waals surface area (Å²) in [6.07, 6.45) is -0.238. The van der Waals surface area contributed by atoms with Crippen LogP contribution in [0, 0.1) is 12.7 Å². The predicted molar refractivity (Wildman–Crippen MR) is 71.8 cm³/mol. The largest absolute Gasteiger partial charge is 0.396 e. The van der Waals surface area contributed by atoms with Gasteiger partial charge in [0.2, 0.25) is 10.0 Å². The van der Waals surface area contributed by atoms with Gasteiger partial charge in [-0.1, -0.05) is 0 Å². The highest BCUT2D eigenvalue weighted by Crippen LogP contribution is 2.21. The first kappa shape index (κ1) is 15.9.